The monoisotopic (exact) mass is 348 g/mol. The van der Waals surface area contributed by atoms with Crippen molar-refractivity contribution < 1.29 is 9.47 Å². The molecule has 25 heavy (non-hydrogen) atoms. The summed E-state index contributed by atoms with van der Waals surface area (Å²) in [6.45, 7) is 6.33. The lowest BCUT2D eigenvalue weighted by Crippen LogP contribution is -2.45. The van der Waals surface area contributed by atoms with Gasteiger partial charge in [-0.25, -0.2) is 0 Å². The highest BCUT2D eigenvalue weighted by molar-refractivity contribution is 5.79. The van der Waals surface area contributed by atoms with Crippen molar-refractivity contribution in [3.05, 3.63) is 23.8 Å². The molecule has 0 spiro atoms. The Morgan fingerprint density at radius 2 is 2.04 bits per heavy atom. The van der Waals surface area contributed by atoms with Crippen molar-refractivity contribution in [2.45, 2.75) is 32.2 Å². The first-order valence-corrected chi connectivity index (χ1v) is 9.11. The van der Waals surface area contributed by atoms with Gasteiger partial charge in [0.05, 0.1) is 14.2 Å². The second kappa shape index (κ2) is 10.1. The van der Waals surface area contributed by atoms with Crippen LogP contribution >= 0.6 is 0 Å². The van der Waals surface area contributed by atoms with E-state index in [-0.39, 0.29) is 0 Å². The smallest absolute Gasteiger partial charge is 0.191 e. The molecule has 0 aromatic heterocycles. The van der Waals surface area contributed by atoms with Crippen molar-refractivity contribution >= 4 is 5.96 Å². The molecule has 140 valence electrons. The van der Waals surface area contributed by atoms with Crippen molar-refractivity contribution in [1.29, 1.82) is 0 Å². The normalized spacial score (nSPS) is 18.2. The summed E-state index contributed by atoms with van der Waals surface area (Å²) < 4.78 is 10.6. The molecule has 0 radical (unpaired) electrons. The highest BCUT2D eigenvalue weighted by Gasteiger charge is 2.22. The summed E-state index contributed by atoms with van der Waals surface area (Å²) in [6.07, 6.45) is 3.46. The molecule has 1 saturated heterocycles. The Kier molecular flexibility index (Phi) is 7.85. The van der Waals surface area contributed by atoms with Gasteiger partial charge in [-0.3, -0.25) is 9.89 Å². The van der Waals surface area contributed by atoms with E-state index in [1.54, 1.807) is 14.2 Å². The molecular weight excluding hydrogens is 316 g/mol. The van der Waals surface area contributed by atoms with Gasteiger partial charge in [0.2, 0.25) is 0 Å². The first-order valence-electron chi connectivity index (χ1n) is 9.11. The molecule has 0 amide bonds. The summed E-state index contributed by atoms with van der Waals surface area (Å²) in [5.74, 6) is 2.39. The van der Waals surface area contributed by atoms with Crippen molar-refractivity contribution in [3.8, 4) is 11.5 Å². The number of likely N-dealkylation sites (tertiary alicyclic amines) is 1. The van der Waals surface area contributed by atoms with Crippen LogP contribution in [0.25, 0.3) is 0 Å². The van der Waals surface area contributed by atoms with Crippen LogP contribution in [-0.4, -0.2) is 64.3 Å². The molecule has 1 aliphatic heterocycles. The Morgan fingerprint density at radius 1 is 1.24 bits per heavy atom. The van der Waals surface area contributed by atoms with Crippen molar-refractivity contribution in [3.63, 3.8) is 0 Å². The van der Waals surface area contributed by atoms with Crippen LogP contribution in [0.1, 0.15) is 25.3 Å². The van der Waals surface area contributed by atoms with Crippen LogP contribution in [0.5, 0.6) is 11.5 Å². The van der Waals surface area contributed by atoms with Crippen molar-refractivity contribution in [2.75, 3.05) is 47.4 Å². The Labute approximate surface area is 151 Å². The van der Waals surface area contributed by atoms with Crippen LogP contribution in [0.15, 0.2) is 23.2 Å². The van der Waals surface area contributed by atoms with Gasteiger partial charge in [0, 0.05) is 26.2 Å². The molecule has 1 aromatic carbocycles. The fraction of sp³-hybridized carbons (Fsp3) is 0.632. The van der Waals surface area contributed by atoms with Gasteiger partial charge in [0.25, 0.3) is 0 Å². The van der Waals surface area contributed by atoms with Crippen LogP contribution in [0.4, 0.5) is 0 Å². The quantitative estimate of drug-likeness (QED) is 0.555. The van der Waals surface area contributed by atoms with Gasteiger partial charge in [-0.05, 0) is 50.0 Å². The zero-order valence-corrected chi connectivity index (χ0v) is 16.0. The molecule has 1 heterocycles. The zero-order valence-electron chi connectivity index (χ0n) is 16.0. The van der Waals surface area contributed by atoms with E-state index in [2.05, 4.69) is 33.5 Å². The highest BCUT2D eigenvalue weighted by Crippen LogP contribution is 2.27. The number of hydrogen-bond acceptors (Lipinski definition) is 4. The summed E-state index contributed by atoms with van der Waals surface area (Å²) in [6, 6.07) is 6.65. The Hall–Kier alpha value is -1.95. The van der Waals surface area contributed by atoms with E-state index in [0.717, 1.165) is 43.5 Å². The number of nitrogens with zero attached hydrogens (tertiary/aromatic N) is 2. The fourth-order valence-electron chi connectivity index (χ4n) is 3.34. The molecule has 2 N–H and O–H groups in total. The van der Waals surface area contributed by atoms with Gasteiger partial charge in [-0.15, -0.1) is 0 Å². The molecule has 6 nitrogen and oxygen atoms in total. The number of nitrogens with one attached hydrogen (secondary N) is 2. The second-order valence-corrected chi connectivity index (χ2v) is 6.24. The molecule has 6 heteroatoms. The first kappa shape index (κ1) is 19.4. The topological polar surface area (TPSA) is 58.1 Å². The Balaban J connectivity index is 1.77. The maximum atomic E-state index is 5.36. The molecule has 1 aromatic rings. The third kappa shape index (κ3) is 5.53. The lowest BCUT2D eigenvalue weighted by Gasteiger charge is -2.24. The molecule has 1 fully saturated rings. The number of methoxy groups -OCH3 is 2. The Bertz CT molecular complexity index is 562. The van der Waals surface area contributed by atoms with E-state index in [4.69, 9.17) is 9.47 Å². The van der Waals surface area contributed by atoms with Crippen LogP contribution in [0.2, 0.25) is 0 Å². The molecule has 1 atom stereocenters. The van der Waals surface area contributed by atoms with Crippen LogP contribution < -0.4 is 20.1 Å². The zero-order chi connectivity index (χ0) is 18.1. The average molecular weight is 348 g/mol. The predicted molar refractivity (Wildman–Crippen MR) is 103 cm³/mol. The average Bonchev–Trinajstić information content (AvgIpc) is 3.11. The third-order valence-electron chi connectivity index (χ3n) is 4.79. The predicted octanol–water partition coefficient (Wildman–Crippen LogP) is 1.90. The lowest BCUT2D eigenvalue weighted by atomic mass is 10.1. The lowest BCUT2D eigenvalue weighted by molar-refractivity contribution is 0.267. The van der Waals surface area contributed by atoms with E-state index >= 15 is 0 Å². The van der Waals surface area contributed by atoms with Crippen molar-refractivity contribution in [1.82, 2.24) is 15.5 Å². The first-order chi connectivity index (χ1) is 12.2. The highest BCUT2D eigenvalue weighted by atomic mass is 16.5. The van der Waals surface area contributed by atoms with Gasteiger partial charge < -0.3 is 20.1 Å². The molecule has 0 aliphatic carbocycles. The van der Waals surface area contributed by atoms with Crippen molar-refractivity contribution in [2.24, 2.45) is 4.99 Å². The number of rotatable bonds is 8. The SMILES string of the molecule is CCN1CCCC1CNC(=NC)NCCc1ccc(OC)c(OC)c1. The number of guanidine groups is 1. The van der Waals surface area contributed by atoms with Crippen LogP contribution in [0, 0.1) is 0 Å². The molecule has 2 rings (SSSR count). The van der Waals surface area contributed by atoms with Gasteiger partial charge in [0.1, 0.15) is 0 Å². The summed E-state index contributed by atoms with van der Waals surface area (Å²) in [5.41, 5.74) is 1.20. The van der Waals surface area contributed by atoms with E-state index in [0.29, 0.717) is 6.04 Å². The minimum Gasteiger partial charge on any atom is -0.493 e. The molecule has 1 aliphatic rings. The van der Waals surface area contributed by atoms with Gasteiger partial charge in [-0.1, -0.05) is 13.0 Å². The standard InChI is InChI=1S/C19H32N4O2/c1-5-23-12-6-7-16(23)14-22-19(20-2)21-11-10-15-8-9-17(24-3)18(13-15)25-4/h8-9,13,16H,5-7,10-12,14H2,1-4H3,(H2,20,21,22). The summed E-state index contributed by atoms with van der Waals surface area (Å²) >= 11 is 0. The largest absolute Gasteiger partial charge is 0.493 e. The third-order valence-corrected chi connectivity index (χ3v) is 4.79. The Morgan fingerprint density at radius 3 is 2.72 bits per heavy atom. The number of benzene rings is 1. The minimum absolute atomic E-state index is 0.620. The maximum Gasteiger partial charge on any atom is 0.191 e. The van der Waals surface area contributed by atoms with Crippen LogP contribution in [0.3, 0.4) is 0 Å². The van der Waals surface area contributed by atoms with Gasteiger partial charge >= 0.3 is 0 Å². The number of hydrogen-bond donors (Lipinski definition) is 2. The van der Waals surface area contributed by atoms with Crippen LogP contribution in [-0.2, 0) is 6.42 Å². The van der Waals surface area contributed by atoms with E-state index in [9.17, 15) is 0 Å². The molecule has 0 bridgehead atoms. The van der Waals surface area contributed by atoms with Gasteiger partial charge in [0.15, 0.2) is 17.5 Å². The number of likely N-dealkylation sites (N-methyl/N-ethyl adjacent to an activating group) is 1. The summed E-state index contributed by atoms with van der Waals surface area (Å²) in [5, 5.41) is 6.84. The van der Waals surface area contributed by atoms with E-state index in [1.807, 2.05) is 19.2 Å². The van der Waals surface area contributed by atoms with E-state index in [1.165, 1.54) is 24.9 Å². The number of aliphatic imine (C=N–C) groups is 1. The molecule has 1 unspecified atom stereocenters. The number of ether oxygens (including phenoxy) is 2. The van der Waals surface area contributed by atoms with Gasteiger partial charge in [-0.2, -0.15) is 0 Å². The van der Waals surface area contributed by atoms with E-state index < -0.39 is 0 Å². The summed E-state index contributed by atoms with van der Waals surface area (Å²) in [4.78, 5) is 6.86. The minimum atomic E-state index is 0.620. The second-order valence-electron chi connectivity index (χ2n) is 6.24. The maximum absolute atomic E-state index is 5.36. The summed E-state index contributed by atoms with van der Waals surface area (Å²) in [7, 11) is 5.13. The fourth-order valence-corrected chi connectivity index (χ4v) is 3.34. The molecule has 0 saturated carbocycles. The molecular formula is C19H32N4O2.